The van der Waals surface area contributed by atoms with Gasteiger partial charge in [0.25, 0.3) is 5.91 Å². The Morgan fingerprint density at radius 1 is 1.22 bits per heavy atom. The molecule has 6 nitrogen and oxygen atoms in total. The van der Waals surface area contributed by atoms with E-state index in [2.05, 4.69) is 15.6 Å². The number of anilines is 2. The molecule has 0 spiro atoms. The Morgan fingerprint density at radius 2 is 1.91 bits per heavy atom. The summed E-state index contributed by atoms with van der Waals surface area (Å²) in [5.74, 6) is -0.253. The summed E-state index contributed by atoms with van der Waals surface area (Å²) in [6.45, 7) is 3.67. The van der Waals surface area contributed by atoms with Crippen LogP contribution in [0.2, 0.25) is 5.02 Å². The maximum absolute atomic E-state index is 12.2. The van der Waals surface area contributed by atoms with Crippen molar-refractivity contribution >= 4 is 34.8 Å². The Bertz CT molecular complexity index is 734. The molecule has 0 saturated heterocycles. The molecule has 0 unspecified atom stereocenters. The summed E-state index contributed by atoms with van der Waals surface area (Å²) < 4.78 is 5.23. The SMILES string of the molecule is CCOc1ncc(C(=O)Nc2cccc(NC(C)=O)c2)cc1Cl. The lowest BCUT2D eigenvalue weighted by Gasteiger charge is -2.09. The number of amides is 2. The van der Waals surface area contributed by atoms with Crippen molar-refractivity contribution in [1.82, 2.24) is 4.98 Å². The van der Waals surface area contributed by atoms with Crippen LogP contribution in [0.3, 0.4) is 0 Å². The van der Waals surface area contributed by atoms with Gasteiger partial charge in [-0.25, -0.2) is 4.98 Å². The fourth-order valence-corrected chi connectivity index (χ4v) is 2.09. The number of nitrogens with one attached hydrogen (secondary N) is 2. The molecule has 0 bridgehead atoms. The van der Waals surface area contributed by atoms with Gasteiger partial charge in [-0.15, -0.1) is 0 Å². The van der Waals surface area contributed by atoms with Gasteiger partial charge in [0, 0.05) is 24.5 Å². The zero-order valence-electron chi connectivity index (χ0n) is 12.7. The third kappa shape index (κ3) is 4.69. The first kappa shape index (κ1) is 16.8. The predicted octanol–water partition coefficient (Wildman–Crippen LogP) is 3.34. The number of carbonyl (C=O) groups excluding carboxylic acids is 2. The maximum atomic E-state index is 12.2. The second-order valence-electron chi connectivity index (χ2n) is 4.66. The highest BCUT2D eigenvalue weighted by Crippen LogP contribution is 2.23. The minimum atomic E-state index is -0.359. The van der Waals surface area contributed by atoms with Crippen molar-refractivity contribution in [1.29, 1.82) is 0 Å². The molecule has 7 heteroatoms. The molecule has 1 heterocycles. The number of carbonyl (C=O) groups is 2. The van der Waals surface area contributed by atoms with Gasteiger partial charge in [0.1, 0.15) is 5.02 Å². The minimum Gasteiger partial charge on any atom is -0.477 e. The minimum absolute atomic E-state index is 0.184. The molecule has 1 aromatic heterocycles. The van der Waals surface area contributed by atoms with Crippen molar-refractivity contribution in [2.45, 2.75) is 13.8 Å². The molecule has 0 fully saturated rings. The number of benzene rings is 1. The number of nitrogens with zero attached hydrogens (tertiary/aromatic N) is 1. The Hall–Kier alpha value is -2.60. The number of halogens is 1. The van der Waals surface area contributed by atoms with E-state index in [1.807, 2.05) is 6.92 Å². The van der Waals surface area contributed by atoms with Gasteiger partial charge in [-0.3, -0.25) is 9.59 Å². The Morgan fingerprint density at radius 3 is 2.52 bits per heavy atom. The number of hydrogen-bond acceptors (Lipinski definition) is 4. The fraction of sp³-hybridized carbons (Fsp3) is 0.188. The second-order valence-corrected chi connectivity index (χ2v) is 5.07. The summed E-state index contributed by atoms with van der Waals surface area (Å²) in [6, 6.07) is 8.32. The average Bonchev–Trinajstić information content (AvgIpc) is 2.49. The van der Waals surface area contributed by atoms with E-state index in [0.29, 0.717) is 29.4 Å². The van der Waals surface area contributed by atoms with Gasteiger partial charge < -0.3 is 15.4 Å². The second kappa shape index (κ2) is 7.60. The van der Waals surface area contributed by atoms with Crippen LogP contribution in [0.4, 0.5) is 11.4 Å². The molecule has 0 radical (unpaired) electrons. The molecular formula is C16H16ClN3O3. The van der Waals surface area contributed by atoms with Crippen molar-refractivity contribution in [3.63, 3.8) is 0 Å². The highest BCUT2D eigenvalue weighted by atomic mass is 35.5. The summed E-state index contributed by atoms with van der Waals surface area (Å²) in [4.78, 5) is 27.3. The highest BCUT2D eigenvalue weighted by Gasteiger charge is 2.11. The van der Waals surface area contributed by atoms with E-state index in [0.717, 1.165) is 0 Å². The van der Waals surface area contributed by atoms with Gasteiger partial charge in [0.15, 0.2) is 0 Å². The Balaban J connectivity index is 2.12. The molecular weight excluding hydrogens is 318 g/mol. The van der Waals surface area contributed by atoms with Crippen LogP contribution in [0, 0.1) is 0 Å². The van der Waals surface area contributed by atoms with Crippen molar-refractivity contribution < 1.29 is 14.3 Å². The summed E-state index contributed by atoms with van der Waals surface area (Å²) in [7, 11) is 0. The average molecular weight is 334 g/mol. The van der Waals surface area contributed by atoms with Gasteiger partial charge in [-0.2, -0.15) is 0 Å². The first-order valence-corrected chi connectivity index (χ1v) is 7.34. The van der Waals surface area contributed by atoms with Crippen LogP contribution in [0.15, 0.2) is 36.5 Å². The Kier molecular flexibility index (Phi) is 5.54. The molecule has 2 N–H and O–H groups in total. The van der Waals surface area contributed by atoms with Crippen molar-refractivity contribution in [2.24, 2.45) is 0 Å². The summed E-state index contributed by atoms with van der Waals surface area (Å²) in [6.07, 6.45) is 1.39. The lowest BCUT2D eigenvalue weighted by Crippen LogP contribution is -2.13. The van der Waals surface area contributed by atoms with Crippen LogP contribution in [-0.4, -0.2) is 23.4 Å². The third-order valence-corrected chi connectivity index (χ3v) is 3.06. The molecule has 120 valence electrons. The summed E-state index contributed by atoms with van der Waals surface area (Å²) in [5, 5.41) is 5.64. The van der Waals surface area contributed by atoms with E-state index in [9.17, 15) is 9.59 Å². The zero-order valence-corrected chi connectivity index (χ0v) is 13.5. The lowest BCUT2D eigenvalue weighted by atomic mass is 10.2. The molecule has 2 aromatic rings. The number of rotatable bonds is 5. The van der Waals surface area contributed by atoms with Gasteiger partial charge in [0.2, 0.25) is 11.8 Å². The monoisotopic (exact) mass is 333 g/mol. The predicted molar refractivity (Wildman–Crippen MR) is 89.1 cm³/mol. The molecule has 1 aromatic carbocycles. The quantitative estimate of drug-likeness (QED) is 0.879. The molecule has 2 rings (SSSR count). The van der Waals surface area contributed by atoms with E-state index in [1.165, 1.54) is 19.2 Å². The fourth-order valence-electron chi connectivity index (χ4n) is 1.87. The van der Waals surface area contributed by atoms with Crippen LogP contribution >= 0.6 is 11.6 Å². The molecule has 0 atom stereocenters. The first-order valence-electron chi connectivity index (χ1n) is 6.97. The molecule has 0 aliphatic heterocycles. The van der Waals surface area contributed by atoms with Crippen LogP contribution in [-0.2, 0) is 4.79 Å². The van der Waals surface area contributed by atoms with Gasteiger partial charge in [0.05, 0.1) is 12.2 Å². The molecule has 0 aliphatic rings. The lowest BCUT2D eigenvalue weighted by molar-refractivity contribution is -0.114. The molecule has 0 aliphatic carbocycles. The van der Waals surface area contributed by atoms with E-state index in [-0.39, 0.29) is 16.8 Å². The Labute approximate surface area is 138 Å². The summed E-state index contributed by atoms with van der Waals surface area (Å²) >= 11 is 6.02. The normalized spacial score (nSPS) is 10.0. The van der Waals surface area contributed by atoms with E-state index < -0.39 is 0 Å². The van der Waals surface area contributed by atoms with Crippen LogP contribution in [0.25, 0.3) is 0 Å². The molecule has 2 amide bonds. The molecule has 23 heavy (non-hydrogen) atoms. The van der Waals surface area contributed by atoms with Gasteiger partial charge in [-0.05, 0) is 31.2 Å². The van der Waals surface area contributed by atoms with Gasteiger partial charge in [-0.1, -0.05) is 17.7 Å². The van der Waals surface area contributed by atoms with Crippen LogP contribution in [0.5, 0.6) is 5.88 Å². The van der Waals surface area contributed by atoms with Gasteiger partial charge >= 0.3 is 0 Å². The van der Waals surface area contributed by atoms with Crippen molar-refractivity contribution in [3.05, 3.63) is 47.1 Å². The topological polar surface area (TPSA) is 80.3 Å². The van der Waals surface area contributed by atoms with Crippen LogP contribution in [0.1, 0.15) is 24.2 Å². The molecule has 0 saturated carbocycles. The smallest absolute Gasteiger partial charge is 0.257 e. The highest BCUT2D eigenvalue weighted by molar-refractivity contribution is 6.32. The van der Waals surface area contributed by atoms with Crippen molar-refractivity contribution in [3.8, 4) is 5.88 Å². The number of pyridine rings is 1. The van der Waals surface area contributed by atoms with E-state index in [1.54, 1.807) is 24.3 Å². The maximum Gasteiger partial charge on any atom is 0.257 e. The first-order chi connectivity index (χ1) is 11.0. The number of ether oxygens (including phenoxy) is 1. The van der Waals surface area contributed by atoms with Crippen molar-refractivity contribution in [2.75, 3.05) is 17.2 Å². The standard InChI is InChI=1S/C16H16ClN3O3/c1-3-23-16-14(17)7-11(9-18-16)15(22)20-13-6-4-5-12(8-13)19-10(2)21/h4-9H,3H2,1-2H3,(H,19,21)(H,20,22). The van der Waals surface area contributed by atoms with Crippen LogP contribution < -0.4 is 15.4 Å². The number of aromatic nitrogens is 1. The summed E-state index contributed by atoms with van der Waals surface area (Å²) in [5.41, 5.74) is 1.45. The van der Waals surface area contributed by atoms with E-state index >= 15 is 0 Å². The number of hydrogen-bond donors (Lipinski definition) is 2. The third-order valence-electron chi connectivity index (χ3n) is 2.79. The van der Waals surface area contributed by atoms with E-state index in [4.69, 9.17) is 16.3 Å². The zero-order chi connectivity index (χ0) is 16.8. The largest absolute Gasteiger partial charge is 0.477 e.